The van der Waals surface area contributed by atoms with Crippen molar-refractivity contribution in [3.05, 3.63) is 23.5 Å². The molecule has 1 N–H and O–H groups in total. The monoisotopic (exact) mass is 274 g/mol. The molecule has 0 radical (unpaired) electrons. The van der Waals surface area contributed by atoms with Crippen molar-refractivity contribution in [2.75, 3.05) is 0 Å². The van der Waals surface area contributed by atoms with Gasteiger partial charge in [0, 0.05) is 10.1 Å². The smallest absolute Gasteiger partial charge is 0.188 e. The number of aromatic nitrogens is 2. The second-order valence-electron chi connectivity index (χ2n) is 3.21. The molecule has 2 aromatic heterocycles. The number of thiophene rings is 1. The minimum atomic E-state index is -0.384. The number of aromatic hydroxyl groups is 1. The molecule has 2 heterocycles. The molecule has 0 aliphatic rings. The van der Waals surface area contributed by atoms with Crippen LogP contribution in [0, 0.1) is 5.13 Å². The molecular formula is C10H8F2N2OS2. The van der Waals surface area contributed by atoms with Crippen LogP contribution < -0.4 is 0 Å². The zero-order chi connectivity index (χ0) is 11.3. The summed E-state index contributed by atoms with van der Waals surface area (Å²) in [6.07, 6.45) is 1.35. The summed E-state index contributed by atoms with van der Waals surface area (Å²) in [5.74, 6) is -0.0621. The molecule has 17 heavy (non-hydrogen) atoms. The summed E-state index contributed by atoms with van der Waals surface area (Å²) in [5, 5.41) is 14.1. The lowest BCUT2D eigenvalue weighted by Crippen LogP contribution is -1.83. The Balaban J connectivity index is 0.00000108. The second-order valence-corrected chi connectivity index (χ2v) is 4.72. The topological polar surface area (TPSA) is 38.1 Å². The minimum absolute atomic E-state index is 0. The van der Waals surface area contributed by atoms with Gasteiger partial charge < -0.3 is 5.11 Å². The fourth-order valence-corrected chi connectivity index (χ4v) is 2.78. The van der Waals surface area contributed by atoms with Crippen LogP contribution in [0.1, 0.15) is 7.43 Å². The van der Waals surface area contributed by atoms with Gasteiger partial charge in [0.25, 0.3) is 0 Å². The number of halogens is 2. The second kappa shape index (κ2) is 4.15. The van der Waals surface area contributed by atoms with Gasteiger partial charge in [-0.15, -0.1) is 15.2 Å². The predicted molar refractivity (Wildman–Crippen MR) is 67.6 cm³/mol. The third kappa shape index (κ3) is 1.66. The van der Waals surface area contributed by atoms with E-state index in [1.165, 1.54) is 12.3 Å². The van der Waals surface area contributed by atoms with Gasteiger partial charge >= 0.3 is 0 Å². The van der Waals surface area contributed by atoms with Gasteiger partial charge in [0.15, 0.2) is 17.5 Å². The zero-order valence-electron chi connectivity index (χ0n) is 7.65. The summed E-state index contributed by atoms with van der Waals surface area (Å²) >= 11 is 0.839. The Kier molecular flexibility index (Phi) is 2.96. The third-order valence-corrected chi connectivity index (χ3v) is 3.64. The van der Waals surface area contributed by atoms with E-state index in [0.717, 1.165) is 15.4 Å². The maximum atomic E-state index is 13.0. The molecule has 0 aliphatic carbocycles. The highest BCUT2D eigenvalue weighted by molar-refractivity contribution is 7.92. The van der Waals surface area contributed by atoms with Crippen LogP contribution >= 0.6 is 23.7 Å². The summed E-state index contributed by atoms with van der Waals surface area (Å²) in [7, 11) is 0. The number of rotatable bonds is 1. The highest BCUT2D eigenvalue weighted by Crippen LogP contribution is 2.38. The van der Waals surface area contributed by atoms with E-state index < -0.39 is 0 Å². The van der Waals surface area contributed by atoms with Crippen LogP contribution in [0.2, 0.25) is 0 Å². The van der Waals surface area contributed by atoms with Gasteiger partial charge in [-0.3, -0.25) is 0 Å². The molecule has 3 nitrogen and oxygen atoms in total. The van der Waals surface area contributed by atoms with Crippen LogP contribution in [-0.2, 0) is 0 Å². The molecule has 0 amide bonds. The lowest BCUT2D eigenvalue weighted by molar-refractivity contribution is 0.487. The number of fused-ring (bicyclic) bond motifs is 2. The Labute approximate surface area is 104 Å². The van der Waals surface area contributed by atoms with E-state index in [1.807, 2.05) is 0 Å². The van der Waals surface area contributed by atoms with Crippen LogP contribution in [0.3, 0.4) is 0 Å². The molecule has 90 valence electrons. The average Bonchev–Trinajstić information content (AvgIpc) is 2.81. The van der Waals surface area contributed by atoms with Crippen molar-refractivity contribution in [3.8, 4) is 5.75 Å². The molecule has 0 saturated heterocycles. The fraction of sp³-hybridized carbons (Fsp3) is 0.100. The Hall–Kier alpha value is -1.34. The maximum Gasteiger partial charge on any atom is 0.188 e. The van der Waals surface area contributed by atoms with Gasteiger partial charge in [0.1, 0.15) is 5.75 Å². The number of hydrogen-bond donors (Lipinski definition) is 1. The van der Waals surface area contributed by atoms with Crippen molar-refractivity contribution in [3.63, 3.8) is 0 Å². The molecule has 0 atom stereocenters. The first-order valence-corrected chi connectivity index (χ1v) is 5.77. The molecule has 7 heteroatoms. The highest BCUT2D eigenvalue weighted by atomic mass is 32.2. The summed E-state index contributed by atoms with van der Waals surface area (Å²) in [6, 6.07) is 2.87. The largest absolute Gasteiger partial charge is 0.506 e. The number of phenolic OH excluding ortho intramolecular Hbond substituents is 1. The zero-order valence-corrected chi connectivity index (χ0v) is 9.28. The Morgan fingerprint density at radius 1 is 1.35 bits per heavy atom. The fourth-order valence-electron chi connectivity index (χ4n) is 1.65. The molecule has 3 aromatic rings. The van der Waals surface area contributed by atoms with E-state index in [-0.39, 0.29) is 30.6 Å². The van der Waals surface area contributed by atoms with Crippen molar-refractivity contribution in [1.82, 2.24) is 9.19 Å². The highest BCUT2D eigenvalue weighted by Gasteiger charge is 2.14. The molecule has 0 aliphatic heterocycles. The molecular weight excluding hydrogens is 266 g/mol. The van der Waals surface area contributed by atoms with Gasteiger partial charge in [-0.1, -0.05) is 7.43 Å². The SMILES string of the molecule is C.Oc1c2cc(F)sc2cc2c1cnn2SF. The van der Waals surface area contributed by atoms with Crippen molar-refractivity contribution < 1.29 is 13.4 Å². The van der Waals surface area contributed by atoms with Gasteiger partial charge in [0.05, 0.1) is 17.1 Å². The van der Waals surface area contributed by atoms with Crippen LogP contribution in [0.25, 0.3) is 21.0 Å². The number of hydrogen-bond acceptors (Lipinski definition) is 4. The molecule has 0 saturated carbocycles. The molecule has 0 spiro atoms. The summed E-state index contributed by atoms with van der Waals surface area (Å²) in [6.45, 7) is 0. The predicted octanol–water partition coefficient (Wildman–Crippen LogP) is 4.11. The van der Waals surface area contributed by atoms with E-state index in [9.17, 15) is 13.4 Å². The standard InChI is InChI=1S/C9H4F2N2OS2.CH4/c10-8-1-4-7(15-8)2-6-5(9(4)14)3-12-13(6)16-11;/h1-3,14H;1H4. The Bertz CT molecular complexity index is 692. The lowest BCUT2D eigenvalue weighted by atomic mass is 10.2. The number of phenols is 1. The van der Waals surface area contributed by atoms with E-state index >= 15 is 0 Å². The number of benzene rings is 1. The molecule has 0 fully saturated rings. The first kappa shape index (κ1) is 12.1. The van der Waals surface area contributed by atoms with Gasteiger partial charge in [0.2, 0.25) is 0 Å². The summed E-state index contributed by atoms with van der Waals surface area (Å²) in [4.78, 5) is 0. The molecule has 1 aromatic carbocycles. The first-order chi connectivity index (χ1) is 7.70. The summed E-state index contributed by atoms with van der Waals surface area (Å²) < 4.78 is 27.1. The van der Waals surface area contributed by atoms with Crippen LogP contribution in [-0.4, -0.2) is 14.3 Å². The molecule has 0 bridgehead atoms. The minimum Gasteiger partial charge on any atom is -0.506 e. The van der Waals surface area contributed by atoms with E-state index in [4.69, 9.17) is 0 Å². The van der Waals surface area contributed by atoms with E-state index in [0.29, 0.717) is 21.0 Å². The van der Waals surface area contributed by atoms with Crippen LogP contribution in [0.4, 0.5) is 8.28 Å². The van der Waals surface area contributed by atoms with E-state index in [1.54, 1.807) is 6.07 Å². The lowest BCUT2D eigenvalue weighted by Gasteiger charge is -1.98. The summed E-state index contributed by atoms with van der Waals surface area (Å²) in [5.41, 5.74) is 0.430. The van der Waals surface area contributed by atoms with Crippen molar-refractivity contribution >= 4 is 44.7 Å². The normalized spacial score (nSPS) is 10.9. The van der Waals surface area contributed by atoms with Crippen molar-refractivity contribution in [2.24, 2.45) is 0 Å². The van der Waals surface area contributed by atoms with Gasteiger partial charge in [-0.05, 0) is 12.1 Å². The third-order valence-electron chi connectivity index (χ3n) is 2.35. The average molecular weight is 274 g/mol. The van der Waals surface area contributed by atoms with Crippen LogP contribution in [0.15, 0.2) is 18.3 Å². The van der Waals surface area contributed by atoms with Gasteiger partial charge in [-0.25, -0.2) is 0 Å². The number of nitrogens with zero attached hydrogens (tertiary/aromatic N) is 2. The molecule has 3 rings (SSSR count). The Morgan fingerprint density at radius 2 is 2.12 bits per heavy atom. The van der Waals surface area contributed by atoms with Crippen LogP contribution in [0.5, 0.6) is 5.75 Å². The van der Waals surface area contributed by atoms with E-state index in [2.05, 4.69) is 5.10 Å². The quantitative estimate of drug-likeness (QED) is 0.725. The Morgan fingerprint density at radius 3 is 2.82 bits per heavy atom. The molecule has 0 unspecified atom stereocenters. The van der Waals surface area contributed by atoms with Crippen molar-refractivity contribution in [2.45, 2.75) is 7.43 Å². The first-order valence-electron chi connectivity index (χ1n) is 4.28. The van der Waals surface area contributed by atoms with Crippen molar-refractivity contribution in [1.29, 1.82) is 0 Å². The maximum absolute atomic E-state index is 13.0. The van der Waals surface area contributed by atoms with Gasteiger partial charge in [-0.2, -0.15) is 13.6 Å².